The highest BCUT2D eigenvalue weighted by Gasteiger charge is 2.10. The molecule has 0 radical (unpaired) electrons. The average molecular weight is 335 g/mol. The van der Waals surface area contributed by atoms with Crippen molar-refractivity contribution in [1.29, 1.82) is 0 Å². The Bertz CT molecular complexity index is 785. The van der Waals surface area contributed by atoms with Crippen molar-refractivity contribution in [3.8, 4) is 17.2 Å². The Morgan fingerprint density at radius 1 is 1.00 bits per heavy atom. The third-order valence-electron chi connectivity index (χ3n) is 3.05. The second-order valence-electron chi connectivity index (χ2n) is 4.71. The standard InChI is InChI=1S/C16H12Cl2N2O2/c1-10-8-13(18)6-7-14(10)21-9-15-19-20-16(22-15)11-2-4-12(17)5-3-11/h2-8H,9H2,1H3. The number of aryl methyl sites for hydroxylation is 1. The molecule has 6 heteroatoms. The molecule has 1 aromatic heterocycles. The van der Waals surface area contributed by atoms with Crippen molar-refractivity contribution in [1.82, 2.24) is 10.2 Å². The van der Waals surface area contributed by atoms with Crippen LogP contribution < -0.4 is 4.74 Å². The molecule has 0 aliphatic carbocycles. The SMILES string of the molecule is Cc1cc(Cl)ccc1OCc1nnc(-c2ccc(Cl)cc2)o1. The fraction of sp³-hybridized carbons (Fsp3) is 0.125. The van der Waals surface area contributed by atoms with Gasteiger partial charge in [-0.25, -0.2) is 0 Å². The van der Waals surface area contributed by atoms with E-state index in [0.29, 0.717) is 21.8 Å². The Hall–Kier alpha value is -2.04. The number of rotatable bonds is 4. The lowest BCUT2D eigenvalue weighted by atomic mass is 10.2. The van der Waals surface area contributed by atoms with Gasteiger partial charge in [-0.2, -0.15) is 0 Å². The molecule has 1 heterocycles. The van der Waals surface area contributed by atoms with Crippen LogP contribution >= 0.6 is 23.2 Å². The topological polar surface area (TPSA) is 48.2 Å². The van der Waals surface area contributed by atoms with E-state index in [1.807, 2.05) is 31.2 Å². The van der Waals surface area contributed by atoms with Gasteiger partial charge in [-0.1, -0.05) is 23.2 Å². The number of aromatic nitrogens is 2. The molecule has 3 aromatic rings. The van der Waals surface area contributed by atoms with Gasteiger partial charge in [0.2, 0.25) is 5.89 Å². The van der Waals surface area contributed by atoms with Crippen molar-refractivity contribution in [3.63, 3.8) is 0 Å². The minimum absolute atomic E-state index is 0.197. The van der Waals surface area contributed by atoms with Crippen molar-refractivity contribution in [3.05, 3.63) is 64.0 Å². The molecule has 3 rings (SSSR count). The van der Waals surface area contributed by atoms with Crippen molar-refractivity contribution in [2.45, 2.75) is 13.5 Å². The van der Waals surface area contributed by atoms with Gasteiger partial charge in [0.15, 0.2) is 6.61 Å². The molecule has 0 fully saturated rings. The summed E-state index contributed by atoms with van der Waals surface area (Å²) in [5.74, 6) is 1.57. The lowest BCUT2D eigenvalue weighted by Gasteiger charge is -2.06. The summed E-state index contributed by atoms with van der Waals surface area (Å²) >= 11 is 11.8. The van der Waals surface area contributed by atoms with Crippen LogP contribution in [0, 0.1) is 6.92 Å². The van der Waals surface area contributed by atoms with E-state index >= 15 is 0 Å². The number of benzene rings is 2. The number of halogens is 2. The molecule has 0 aliphatic heterocycles. The van der Waals surface area contributed by atoms with Crippen LogP contribution in [0.2, 0.25) is 10.0 Å². The number of hydrogen-bond acceptors (Lipinski definition) is 4. The average Bonchev–Trinajstić information content (AvgIpc) is 2.96. The second-order valence-corrected chi connectivity index (χ2v) is 5.58. The largest absolute Gasteiger partial charge is 0.484 e. The van der Waals surface area contributed by atoms with E-state index in [0.717, 1.165) is 16.9 Å². The van der Waals surface area contributed by atoms with Crippen LogP contribution in [0.3, 0.4) is 0 Å². The van der Waals surface area contributed by atoms with Gasteiger partial charge in [0.05, 0.1) is 0 Å². The molecule has 0 bridgehead atoms. The zero-order chi connectivity index (χ0) is 15.5. The van der Waals surface area contributed by atoms with E-state index in [2.05, 4.69) is 10.2 Å². The first kappa shape index (κ1) is 14.9. The molecular weight excluding hydrogens is 323 g/mol. The summed E-state index contributed by atoms with van der Waals surface area (Å²) in [6.07, 6.45) is 0. The molecule has 112 valence electrons. The number of nitrogens with zero attached hydrogens (tertiary/aromatic N) is 2. The molecule has 4 nitrogen and oxygen atoms in total. The quantitative estimate of drug-likeness (QED) is 0.678. The highest BCUT2D eigenvalue weighted by molar-refractivity contribution is 6.30. The minimum atomic E-state index is 0.197. The van der Waals surface area contributed by atoms with Crippen LogP contribution in [-0.4, -0.2) is 10.2 Å². The van der Waals surface area contributed by atoms with Gasteiger partial charge >= 0.3 is 0 Å². The Kier molecular flexibility index (Phi) is 4.32. The molecule has 0 atom stereocenters. The van der Waals surface area contributed by atoms with E-state index in [1.54, 1.807) is 18.2 Å². The van der Waals surface area contributed by atoms with Crippen LogP contribution in [0.15, 0.2) is 46.9 Å². The fourth-order valence-electron chi connectivity index (χ4n) is 1.94. The first-order valence-electron chi connectivity index (χ1n) is 6.59. The summed E-state index contributed by atoms with van der Waals surface area (Å²) in [5, 5.41) is 9.31. The predicted molar refractivity (Wildman–Crippen MR) is 85.3 cm³/mol. The molecule has 0 amide bonds. The predicted octanol–water partition coefficient (Wildman–Crippen LogP) is 4.93. The zero-order valence-corrected chi connectivity index (χ0v) is 13.2. The lowest BCUT2D eigenvalue weighted by molar-refractivity contribution is 0.263. The maximum absolute atomic E-state index is 5.91. The van der Waals surface area contributed by atoms with Gasteiger partial charge in [-0.15, -0.1) is 10.2 Å². The maximum Gasteiger partial charge on any atom is 0.254 e. The van der Waals surface area contributed by atoms with Gasteiger partial charge in [-0.3, -0.25) is 0 Å². The van der Waals surface area contributed by atoms with E-state index in [1.165, 1.54) is 0 Å². The third-order valence-corrected chi connectivity index (χ3v) is 3.53. The lowest BCUT2D eigenvalue weighted by Crippen LogP contribution is -1.97. The Labute approximate surface area is 137 Å². The first-order chi connectivity index (χ1) is 10.6. The zero-order valence-electron chi connectivity index (χ0n) is 11.7. The molecule has 22 heavy (non-hydrogen) atoms. The van der Waals surface area contributed by atoms with Gasteiger partial charge in [0, 0.05) is 15.6 Å². The van der Waals surface area contributed by atoms with E-state index < -0.39 is 0 Å². The highest BCUT2D eigenvalue weighted by Crippen LogP contribution is 2.24. The molecule has 0 spiro atoms. The molecule has 0 saturated carbocycles. The normalized spacial score (nSPS) is 10.7. The summed E-state index contributed by atoms with van der Waals surface area (Å²) in [5.41, 5.74) is 1.76. The Balaban J connectivity index is 1.70. The molecule has 0 saturated heterocycles. The summed E-state index contributed by atoms with van der Waals surface area (Å²) < 4.78 is 11.2. The smallest absolute Gasteiger partial charge is 0.254 e. The third kappa shape index (κ3) is 3.40. The van der Waals surface area contributed by atoms with Crippen LogP contribution in [0.4, 0.5) is 0 Å². The molecular formula is C16H12Cl2N2O2. The van der Waals surface area contributed by atoms with Gasteiger partial charge < -0.3 is 9.15 Å². The summed E-state index contributed by atoms with van der Waals surface area (Å²) in [6.45, 7) is 2.12. The summed E-state index contributed by atoms with van der Waals surface area (Å²) in [4.78, 5) is 0. The summed E-state index contributed by atoms with van der Waals surface area (Å²) in [6, 6.07) is 12.6. The van der Waals surface area contributed by atoms with Crippen molar-refractivity contribution in [2.24, 2.45) is 0 Å². The fourth-order valence-corrected chi connectivity index (χ4v) is 2.29. The van der Waals surface area contributed by atoms with Crippen molar-refractivity contribution >= 4 is 23.2 Å². The van der Waals surface area contributed by atoms with Crippen molar-refractivity contribution in [2.75, 3.05) is 0 Å². The van der Waals surface area contributed by atoms with Gasteiger partial charge in [0.25, 0.3) is 5.89 Å². The monoisotopic (exact) mass is 334 g/mol. The van der Waals surface area contributed by atoms with Crippen LogP contribution in [-0.2, 0) is 6.61 Å². The Morgan fingerprint density at radius 2 is 1.73 bits per heavy atom. The van der Waals surface area contributed by atoms with Crippen LogP contribution in [0.25, 0.3) is 11.5 Å². The van der Waals surface area contributed by atoms with E-state index in [-0.39, 0.29) is 6.61 Å². The van der Waals surface area contributed by atoms with Gasteiger partial charge in [0.1, 0.15) is 5.75 Å². The molecule has 0 N–H and O–H groups in total. The molecule has 2 aromatic carbocycles. The van der Waals surface area contributed by atoms with E-state index in [4.69, 9.17) is 32.4 Å². The molecule has 0 unspecified atom stereocenters. The van der Waals surface area contributed by atoms with Crippen molar-refractivity contribution < 1.29 is 9.15 Å². The van der Waals surface area contributed by atoms with Gasteiger partial charge in [-0.05, 0) is 55.0 Å². The van der Waals surface area contributed by atoms with E-state index in [9.17, 15) is 0 Å². The van der Waals surface area contributed by atoms with Crippen LogP contribution in [0.5, 0.6) is 5.75 Å². The first-order valence-corrected chi connectivity index (χ1v) is 7.35. The summed E-state index contributed by atoms with van der Waals surface area (Å²) in [7, 11) is 0. The maximum atomic E-state index is 5.91. The number of ether oxygens (including phenoxy) is 1. The van der Waals surface area contributed by atoms with Crippen LogP contribution in [0.1, 0.15) is 11.5 Å². The minimum Gasteiger partial charge on any atom is -0.484 e. The second kappa shape index (κ2) is 6.38. The number of hydrogen-bond donors (Lipinski definition) is 0. The Morgan fingerprint density at radius 3 is 2.45 bits per heavy atom. The highest BCUT2D eigenvalue weighted by atomic mass is 35.5. The molecule has 0 aliphatic rings.